The van der Waals surface area contributed by atoms with Gasteiger partial charge in [0.1, 0.15) is 4.88 Å². The summed E-state index contributed by atoms with van der Waals surface area (Å²) in [5, 5.41) is 0.834. The van der Waals surface area contributed by atoms with Gasteiger partial charge in [-0.3, -0.25) is 9.78 Å². The number of carbonyl (C=O) groups excluding carboxylic acids is 1. The van der Waals surface area contributed by atoms with Crippen LogP contribution in [0, 0.1) is 6.92 Å². The fourth-order valence-corrected chi connectivity index (χ4v) is 4.37. The average Bonchev–Trinajstić information content (AvgIpc) is 3.31. The summed E-state index contributed by atoms with van der Waals surface area (Å²) in [7, 11) is 0. The highest BCUT2D eigenvalue weighted by Gasteiger charge is 2.31. The molecule has 0 radical (unpaired) electrons. The maximum absolute atomic E-state index is 13.3. The first kappa shape index (κ1) is 16.0. The first-order chi connectivity index (χ1) is 12.2. The zero-order chi connectivity index (χ0) is 17.2. The molecular formula is C19H20N4OS. The molecule has 1 atom stereocenters. The van der Waals surface area contributed by atoms with Gasteiger partial charge in [-0.2, -0.15) is 0 Å². The Morgan fingerprint density at radius 2 is 2.08 bits per heavy atom. The van der Waals surface area contributed by atoms with E-state index in [1.807, 2.05) is 53.2 Å². The second kappa shape index (κ2) is 6.80. The topological polar surface area (TPSA) is 51.0 Å². The number of amides is 1. The number of pyridine rings is 1. The molecule has 0 unspecified atom stereocenters. The number of hydrogen-bond donors (Lipinski definition) is 0. The van der Waals surface area contributed by atoms with Crippen LogP contribution in [0.4, 0.5) is 0 Å². The minimum absolute atomic E-state index is 0.0851. The molecule has 0 saturated carbocycles. The maximum Gasteiger partial charge on any atom is 0.266 e. The predicted molar refractivity (Wildman–Crippen MR) is 98.0 cm³/mol. The smallest absolute Gasteiger partial charge is 0.266 e. The van der Waals surface area contributed by atoms with Crippen LogP contribution in [-0.2, 0) is 0 Å². The Bertz CT molecular complexity index is 857. The van der Waals surface area contributed by atoms with Crippen molar-refractivity contribution in [2.75, 3.05) is 6.54 Å². The fourth-order valence-electron chi connectivity index (χ4n) is 3.38. The number of aryl methyl sites for hydroxylation is 1. The molecule has 6 heteroatoms. The molecule has 0 bridgehead atoms. The Labute approximate surface area is 151 Å². The van der Waals surface area contributed by atoms with E-state index in [1.54, 1.807) is 6.20 Å². The number of thiazole rings is 1. The molecule has 0 spiro atoms. The highest BCUT2D eigenvalue weighted by atomic mass is 32.1. The molecule has 1 saturated heterocycles. The second-order valence-corrected chi connectivity index (χ2v) is 7.28. The van der Waals surface area contributed by atoms with Crippen molar-refractivity contribution < 1.29 is 4.79 Å². The third-order valence-corrected chi connectivity index (χ3v) is 5.80. The Balaban J connectivity index is 1.65. The molecule has 128 valence electrons. The van der Waals surface area contributed by atoms with Gasteiger partial charge in [0.05, 0.1) is 11.7 Å². The standard InChI is InChI=1S/C19H20N4OS/c1-14-17(25-19(21-14)22-10-4-5-11-22)18(24)23-12-3-2-8-16(23)15-7-6-9-20-13-15/h4-7,9-11,13,16H,2-3,8,12H2,1H3/t16-/m0/s1. The molecule has 5 nitrogen and oxygen atoms in total. The van der Waals surface area contributed by atoms with Crippen molar-refractivity contribution in [3.8, 4) is 5.13 Å². The van der Waals surface area contributed by atoms with Crippen LogP contribution in [0.25, 0.3) is 5.13 Å². The van der Waals surface area contributed by atoms with Gasteiger partial charge in [0.2, 0.25) is 0 Å². The van der Waals surface area contributed by atoms with Gasteiger partial charge in [-0.15, -0.1) is 0 Å². The molecule has 0 aliphatic carbocycles. The summed E-state index contributed by atoms with van der Waals surface area (Å²) in [5.41, 5.74) is 1.91. The van der Waals surface area contributed by atoms with E-state index in [0.717, 1.165) is 47.1 Å². The summed E-state index contributed by atoms with van der Waals surface area (Å²) in [6, 6.07) is 8.03. The van der Waals surface area contributed by atoms with Crippen molar-refractivity contribution in [1.82, 2.24) is 19.4 Å². The van der Waals surface area contributed by atoms with Gasteiger partial charge >= 0.3 is 0 Å². The van der Waals surface area contributed by atoms with Gasteiger partial charge in [0.15, 0.2) is 5.13 Å². The normalized spacial score (nSPS) is 17.6. The van der Waals surface area contributed by atoms with Crippen LogP contribution in [0.5, 0.6) is 0 Å². The lowest BCUT2D eigenvalue weighted by Gasteiger charge is -2.35. The van der Waals surface area contributed by atoms with E-state index in [9.17, 15) is 4.79 Å². The summed E-state index contributed by atoms with van der Waals surface area (Å²) >= 11 is 1.46. The highest BCUT2D eigenvalue weighted by molar-refractivity contribution is 7.16. The van der Waals surface area contributed by atoms with Crippen molar-refractivity contribution in [2.24, 2.45) is 0 Å². The van der Waals surface area contributed by atoms with Gasteiger partial charge in [-0.25, -0.2) is 4.98 Å². The van der Waals surface area contributed by atoms with E-state index in [1.165, 1.54) is 11.3 Å². The van der Waals surface area contributed by atoms with Crippen molar-refractivity contribution >= 4 is 17.2 Å². The van der Waals surface area contributed by atoms with Crippen LogP contribution in [0.2, 0.25) is 0 Å². The van der Waals surface area contributed by atoms with Crippen molar-refractivity contribution in [3.63, 3.8) is 0 Å². The molecule has 1 fully saturated rings. The van der Waals surface area contributed by atoms with E-state index >= 15 is 0 Å². The highest BCUT2D eigenvalue weighted by Crippen LogP contribution is 2.33. The number of rotatable bonds is 3. The summed E-state index contributed by atoms with van der Waals surface area (Å²) in [5.74, 6) is 0.0851. The molecule has 4 heterocycles. The van der Waals surface area contributed by atoms with Crippen LogP contribution in [0.15, 0.2) is 49.1 Å². The first-order valence-electron chi connectivity index (χ1n) is 8.55. The molecular weight excluding hydrogens is 332 g/mol. The van der Waals surface area contributed by atoms with E-state index in [-0.39, 0.29) is 11.9 Å². The van der Waals surface area contributed by atoms with Crippen LogP contribution < -0.4 is 0 Å². The van der Waals surface area contributed by atoms with Gasteiger partial charge in [-0.1, -0.05) is 17.4 Å². The van der Waals surface area contributed by atoms with Gasteiger partial charge in [0, 0.05) is 31.3 Å². The lowest BCUT2D eigenvalue weighted by Crippen LogP contribution is -2.38. The summed E-state index contributed by atoms with van der Waals surface area (Å²) in [4.78, 5) is 24.8. The fraction of sp³-hybridized carbons (Fsp3) is 0.316. The Morgan fingerprint density at radius 3 is 2.84 bits per heavy atom. The molecule has 1 amide bonds. The Hall–Kier alpha value is -2.47. The van der Waals surface area contributed by atoms with Crippen LogP contribution >= 0.6 is 11.3 Å². The minimum Gasteiger partial charge on any atom is -0.331 e. The number of hydrogen-bond acceptors (Lipinski definition) is 4. The molecule has 4 rings (SSSR count). The quantitative estimate of drug-likeness (QED) is 0.716. The minimum atomic E-state index is 0.0851. The molecule has 25 heavy (non-hydrogen) atoms. The van der Waals surface area contributed by atoms with Crippen LogP contribution in [-0.4, -0.2) is 31.9 Å². The number of nitrogens with zero attached hydrogens (tertiary/aromatic N) is 4. The maximum atomic E-state index is 13.3. The van der Waals surface area contributed by atoms with E-state index in [4.69, 9.17) is 0 Å². The Morgan fingerprint density at radius 1 is 1.24 bits per heavy atom. The van der Waals surface area contributed by atoms with Crippen molar-refractivity contribution in [2.45, 2.75) is 32.2 Å². The van der Waals surface area contributed by atoms with Gasteiger partial charge in [0.25, 0.3) is 5.91 Å². The summed E-state index contributed by atoms with van der Waals surface area (Å²) < 4.78 is 1.95. The number of carbonyl (C=O) groups is 1. The lowest BCUT2D eigenvalue weighted by atomic mass is 9.96. The van der Waals surface area contributed by atoms with Crippen molar-refractivity contribution in [1.29, 1.82) is 0 Å². The molecule has 1 aliphatic rings. The van der Waals surface area contributed by atoms with Crippen LogP contribution in [0.3, 0.4) is 0 Å². The predicted octanol–water partition coefficient (Wildman–Crippen LogP) is 4.00. The van der Waals surface area contributed by atoms with E-state index in [2.05, 4.69) is 16.0 Å². The van der Waals surface area contributed by atoms with Crippen molar-refractivity contribution in [3.05, 3.63) is 65.2 Å². The molecule has 3 aromatic rings. The molecule has 0 aromatic carbocycles. The number of piperidine rings is 1. The summed E-state index contributed by atoms with van der Waals surface area (Å²) in [6.45, 7) is 2.70. The van der Waals surface area contributed by atoms with E-state index < -0.39 is 0 Å². The first-order valence-corrected chi connectivity index (χ1v) is 9.37. The number of aromatic nitrogens is 3. The molecule has 0 N–H and O–H groups in total. The third kappa shape index (κ3) is 3.09. The monoisotopic (exact) mass is 352 g/mol. The SMILES string of the molecule is Cc1nc(-n2cccc2)sc1C(=O)N1CCCC[C@H]1c1cccnc1. The Kier molecular flexibility index (Phi) is 4.36. The second-order valence-electron chi connectivity index (χ2n) is 6.30. The average molecular weight is 352 g/mol. The van der Waals surface area contributed by atoms with Crippen LogP contribution in [0.1, 0.15) is 46.2 Å². The zero-order valence-corrected chi connectivity index (χ0v) is 14.9. The van der Waals surface area contributed by atoms with Gasteiger partial charge in [-0.05, 0) is 49.9 Å². The third-order valence-electron chi connectivity index (χ3n) is 4.64. The molecule has 3 aromatic heterocycles. The molecule has 1 aliphatic heterocycles. The largest absolute Gasteiger partial charge is 0.331 e. The summed E-state index contributed by atoms with van der Waals surface area (Å²) in [6.07, 6.45) is 10.7. The van der Waals surface area contributed by atoms with Gasteiger partial charge < -0.3 is 9.47 Å². The van der Waals surface area contributed by atoms with E-state index in [0.29, 0.717) is 0 Å². The zero-order valence-electron chi connectivity index (χ0n) is 14.1. The lowest BCUT2D eigenvalue weighted by molar-refractivity contribution is 0.0615. The number of likely N-dealkylation sites (tertiary alicyclic amines) is 1.